The van der Waals surface area contributed by atoms with E-state index in [0.717, 1.165) is 0 Å². The molecule has 2 rings (SSSR count). The maximum Gasteiger partial charge on any atom is 0.326 e. The number of aromatic hydroxyl groups is 1. The highest BCUT2D eigenvalue weighted by Gasteiger charge is 2.36. The first-order valence-electron chi connectivity index (χ1n) is 20.8. The molecule has 0 spiro atoms. The van der Waals surface area contributed by atoms with Crippen LogP contribution in [0, 0.1) is 5.92 Å². The average Bonchev–Trinajstić information content (AvgIpc) is 3.74. The van der Waals surface area contributed by atoms with Crippen LogP contribution in [0.5, 0.6) is 5.75 Å². The molecule has 0 fully saturated rings. The fourth-order valence-corrected chi connectivity index (χ4v) is 6.25. The number of phenols is 1. The van der Waals surface area contributed by atoms with Crippen LogP contribution in [0.1, 0.15) is 70.6 Å². The van der Waals surface area contributed by atoms with E-state index < -0.39 is 108 Å². The number of aromatic nitrogens is 2. The van der Waals surface area contributed by atoms with Crippen molar-refractivity contribution in [1.29, 1.82) is 0 Å². The third kappa shape index (κ3) is 20.0. The van der Waals surface area contributed by atoms with Gasteiger partial charge in [-0.1, -0.05) is 26.0 Å². The summed E-state index contributed by atoms with van der Waals surface area (Å²) in [6, 6.07) is -4.82. The number of phenolic OH excluding ortho intramolecular Hbond substituents is 1. The van der Waals surface area contributed by atoms with Gasteiger partial charge >= 0.3 is 5.97 Å². The van der Waals surface area contributed by atoms with Crippen LogP contribution in [0.2, 0.25) is 0 Å². The number of aromatic amines is 1. The minimum Gasteiger partial charge on any atom is -0.508 e. The van der Waals surface area contributed by atoms with Crippen molar-refractivity contribution in [3.8, 4) is 5.75 Å². The summed E-state index contributed by atoms with van der Waals surface area (Å²) >= 11 is 0. The first-order chi connectivity index (χ1) is 31.0. The van der Waals surface area contributed by atoms with Crippen molar-refractivity contribution in [2.24, 2.45) is 39.6 Å². The number of nitrogens with two attached hydrogens (primary N) is 5. The number of rotatable bonds is 29. The van der Waals surface area contributed by atoms with Gasteiger partial charge < -0.3 is 80.9 Å². The van der Waals surface area contributed by atoms with Crippen molar-refractivity contribution >= 4 is 59.2 Å². The van der Waals surface area contributed by atoms with E-state index in [4.69, 9.17) is 28.7 Å². The first-order valence-corrected chi connectivity index (χ1v) is 20.8. The molecule has 2 aromatic rings. The number of guanidine groups is 1. The monoisotopic (exact) mass is 930 g/mol. The summed E-state index contributed by atoms with van der Waals surface area (Å²) in [5.74, 6) is -9.50. The van der Waals surface area contributed by atoms with Crippen LogP contribution in [-0.2, 0) is 56.0 Å². The first kappa shape index (κ1) is 54.8. The molecule has 0 aliphatic rings. The van der Waals surface area contributed by atoms with Crippen LogP contribution in [0.15, 0.2) is 41.8 Å². The summed E-state index contributed by atoms with van der Waals surface area (Å²) in [4.78, 5) is 127. The molecule has 0 aliphatic heterocycles. The number of amides is 8. The van der Waals surface area contributed by atoms with Gasteiger partial charge in [0.1, 0.15) is 42.0 Å². The van der Waals surface area contributed by atoms with Gasteiger partial charge in [0.15, 0.2) is 5.96 Å². The Morgan fingerprint density at radius 1 is 0.697 bits per heavy atom. The normalized spacial score (nSPS) is 14.6. The van der Waals surface area contributed by atoms with Gasteiger partial charge in [0.05, 0.1) is 24.9 Å². The molecule has 20 N–H and O–H groups in total. The number of benzene rings is 1. The molecule has 1 aromatic carbocycles. The molecule has 0 saturated carbocycles. The molecular weight excluding hydrogens is 869 g/mol. The number of primary amides is 2. The SMILES string of the molecule is CC(C)C[C@H](NC(=O)[C@H](Cc1ccc(O)cc1)NC(=O)[C@@H](N)CC(N)=O)C(=O)N[C@H](C(=O)N[C@@H](Cc1cnc[nH]1)C(=O)N[C@@H](CCCN=C(N)N)C(=O)N[C@@H](CCC(N)=O)C(=O)O)[C@@H](C)O. The molecule has 1 aromatic heterocycles. The number of hydrogen-bond donors (Lipinski definition) is 15. The summed E-state index contributed by atoms with van der Waals surface area (Å²) in [7, 11) is 0. The molecule has 26 heteroatoms. The third-order valence-corrected chi connectivity index (χ3v) is 9.65. The number of hydrogen-bond acceptors (Lipinski definition) is 14. The Morgan fingerprint density at radius 3 is 1.77 bits per heavy atom. The predicted octanol–water partition coefficient (Wildman–Crippen LogP) is -5.16. The van der Waals surface area contributed by atoms with E-state index in [-0.39, 0.29) is 69.1 Å². The van der Waals surface area contributed by atoms with Gasteiger partial charge in [-0.25, -0.2) is 9.78 Å². The Kier molecular flexibility index (Phi) is 22.5. The Hall–Kier alpha value is -7.35. The van der Waals surface area contributed by atoms with Crippen molar-refractivity contribution in [2.45, 2.75) is 121 Å². The van der Waals surface area contributed by atoms with Crippen molar-refractivity contribution in [1.82, 2.24) is 41.9 Å². The lowest BCUT2D eigenvalue weighted by molar-refractivity contribution is -0.142. The Balaban J connectivity index is 2.41. The summed E-state index contributed by atoms with van der Waals surface area (Å²) in [6.07, 6.45) is -0.747. The standard InChI is InChI=1S/C40H62N14O12/c1-19(2)13-27(52-35(61)28(14-21-6-8-23(56)9-7-21)51-33(59)24(41)16-31(43)58)37(63)54-32(20(3)55)38(64)53-29(15-22-17-46-18-48-22)36(62)49-25(5-4-12-47-40(44)45)34(60)50-26(39(65)66)10-11-30(42)57/h6-9,17-20,24-29,32,55-56H,4-5,10-16,41H2,1-3H3,(H2,42,57)(H2,43,58)(H,46,48)(H,49,62)(H,50,60)(H,51,59)(H,52,61)(H,53,64)(H,54,63)(H,65,66)(H4,44,45,47)/t20-,24+,25+,26+,27+,28+,29+,32+/m1/s1. The van der Waals surface area contributed by atoms with E-state index in [9.17, 15) is 58.5 Å². The van der Waals surface area contributed by atoms with Gasteiger partial charge in [-0.3, -0.25) is 43.3 Å². The number of aliphatic carboxylic acids is 1. The highest BCUT2D eigenvalue weighted by molar-refractivity contribution is 5.97. The van der Waals surface area contributed by atoms with Crippen LogP contribution >= 0.6 is 0 Å². The van der Waals surface area contributed by atoms with Crippen LogP contribution in [-0.4, -0.2) is 139 Å². The number of H-pyrrole nitrogens is 1. The summed E-state index contributed by atoms with van der Waals surface area (Å²) in [6.45, 7) is 4.66. The zero-order valence-corrected chi connectivity index (χ0v) is 36.8. The fraction of sp³-hybridized carbons (Fsp3) is 0.525. The number of carbonyl (C=O) groups excluding carboxylic acids is 8. The largest absolute Gasteiger partial charge is 0.508 e. The van der Waals surface area contributed by atoms with Crippen molar-refractivity contribution < 1.29 is 58.5 Å². The molecule has 0 radical (unpaired) electrons. The maximum absolute atomic E-state index is 14.0. The van der Waals surface area contributed by atoms with E-state index in [1.54, 1.807) is 13.8 Å². The third-order valence-electron chi connectivity index (χ3n) is 9.65. The van der Waals surface area contributed by atoms with Gasteiger partial charge in [-0.15, -0.1) is 0 Å². The molecule has 0 unspecified atom stereocenters. The topological polar surface area (TPSA) is 458 Å². The lowest BCUT2D eigenvalue weighted by Crippen LogP contribution is -2.62. The van der Waals surface area contributed by atoms with Crippen LogP contribution in [0.4, 0.5) is 0 Å². The quantitative estimate of drug-likeness (QED) is 0.0206. The fourth-order valence-electron chi connectivity index (χ4n) is 6.25. The second-order valence-electron chi connectivity index (χ2n) is 15.9. The zero-order valence-electron chi connectivity index (χ0n) is 36.8. The van der Waals surface area contributed by atoms with Crippen LogP contribution in [0.25, 0.3) is 0 Å². The van der Waals surface area contributed by atoms with E-state index in [1.807, 2.05) is 0 Å². The number of aliphatic hydroxyl groups is 1. The highest BCUT2D eigenvalue weighted by Crippen LogP contribution is 2.14. The number of nitrogens with zero attached hydrogens (tertiary/aromatic N) is 2. The number of aliphatic imine (C=N–C) groups is 1. The molecule has 0 aliphatic carbocycles. The number of carboxylic acid groups (broad SMARTS) is 1. The maximum atomic E-state index is 14.0. The molecule has 0 bridgehead atoms. The molecule has 8 amide bonds. The number of carboxylic acids is 1. The molecular formula is C40H62N14O12. The van der Waals surface area contributed by atoms with Crippen LogP contribution in [0.3, 0.4) is 0 Å². The van der Waals surface area contributed by atoms with Gasteiger partial charge in [0.2, 0.25) is 47.3 Å². The molecule has 66 heavy (non-hydrogen) atoms. The molecule has 0 saturated heterocycles. The molecule has 364 valence electrons. The van der Waals surface area contributed by atoms with Gasteiger partial charge in [0, 0.05) is 37.7 Å². The number of aliphatic hydroxyl groups excluding tert-OH is 1. The van der Waals surface area contributed by atoms with Gasteiger partial charge in [-0.2, -0.15) is 0 Å². The van der Waals surface area contributed by atoms with Crippen molar-refractivity contribution in [3.63, 3.8) is 0 Å². The number of nitrogens with one attached hydrogen (secondary N) is 7. The average molecular weight is 931 g/mol. The van der Waals surface area contributed by atoms with E-state index in [1.165, 1.54) is 43.7 Å². The van der Waals surface area contributed by atoms with E-state index in [2.05, 4.69) is 46.9 Å². The van der Waals surface area contributed by atoms with Crippen LogP contribution < -0.4 is 60.6 Å². The summed E-state index contributed by atoms with van der Waals surface area (Å²) in [5.41, 5.74) is 27.8. The second kappa shape index (κ2) is 27.1. The minimum absolute atomic E-state index is 0.00713. The second-order valence-corrected chi connectivity index (χ2v) is 15.9. The lowest BCUT2D eigenvalue weighted by atomic mass is 10.00. The summed E-state index contributed by atoms with van der Waals surface area (Å²) in [5, 5.41) is 44.9. The number of carbonyl (C=O) groups is 9. The molecule has 1 heterocycles. The smallest absolute Gasteiger partial charge is 0.326 e. The van der Waals surface area contributed by atoms with Crippen molar-refractivity contribution in [2.75, 3.05) is 6.54 Å². The minimum atomic E-state index is -1.76. The van der Waals surface area contributed by atoms with E-state index >= 15 is 0 Å². The molecule has 8 atom stereocenters. The molecule has 26 nitrogen and oxygen atoms in total. The lowest BCUT2D eigenvalue weighted by Gasteiger charge is -2.29. The van der Waals surface area contributed by atoms with E-state index in [0.29, 0.717) is 11.3 Å². The zero-order chi connectivity index (χ0) is 49.7. The predicted molar refractivity (Wildman–Crippen MR) is 235 cm³/mol. The van der Waals surface area contributed by atoms with Gasteiger partial charge in [0.25, 0.3) is 0 Å². The highest BCUT2D eigenvalue weighted by atomic mass is 16.4. The summed E-state index contributed by atoms with van der Waals surface area (Å²) < 4.78 is 0. The van der Waals surface area contributed by atoms with Gasteiger partial charge in [-0.05, 0) is 56.2 Å². The Morgan fingerprint density at radius 2 is 1.24 bits per heavy atom. The Bertz CT molecular complexity index is 2010. The Labute approximate surface area is 379 Å². The number of imidazole rings is 1. The van der Waals surface area contributed by atoms with Crippen molar-refractivity contribution in [3.05, 3.63) is 48.0 Å².